The predicted molar refractivity (Wildman–Crippen MR) is 109 cm³/mol. The van der Waals surface area contributed by atoms with Gasteiger partial charge in [-0.2, -0.15) is 4.31 Å². The van der Waals surface area contributed by atoms with E-state index in [0.717, 1.165) is 23.4 Å². The van der Waals surface area contributed by atoms with Crippen LogP contribution in [0.1, 0.15) is 17.7 Å². The summed E-state index contributed by atoms with van der Waals surface area (Å²) in [6.07, 6.45) is 2.03. The summed E-state index contributed by atoms with van der Waals surface area (Å²) in [5.74, 6) is -0.0940. The molecule has 1 amide bonds. The number of nitrogens with zero attached hydrogens (tertiary/aromatic N) is 2. The molecule has 3 rings (SSSR count). The van der Waals surface area contributed by atoms with Crippen molar-refractivity contribution in [3.8, 4) is 0 Å². The van der Waals surface area contributed by atoms with Crippen molar-refractivity contribution in [1.29, 1.82) is 0 Å². The molecule has 0 bridgehead atoms. The van der Waals surface area contributed by atoms with Crippen LogP contribution < -0.4 is 10.2 Å². The minimum atomic E-state index is -3.40. The topological polar surface area (TPSA) is 69.7 Å². The quantitative estimate of drug-likeness (QED) is 0.729. The fourth-order valence-corrected chi connectivity index (χ4v) is 6.07. The van der Waals surface area contributed by atoms with Gasteiger partial charge in [-0.15, -0.1) is 11.3 Å². The number of hydrogen-bond donors (Lipinski definition) is 1. The second-order valence-corrected chi connectivity index (χ2v) is 9.95. The molecule has 27 heavy (non-hydrogen) atoms. The molecule has 6 nitrogen and oxygen atoms in total. The number of benzene rings is 1. The van der Waals surface area contributed by atoms with Crippen molar-refractivity contribution in [2.24, 2.45) is 0 Å². The van der Waals surface area contributed by atoms with Crippen molar-refractivity contribution in [2.45, 2.75) is 23.5 Å². The number of nitrogens with one attached hydrogen (secondary N) is 1. The fourth-order valence-electron chi connectivity index (χ4n) is 3.04. The van der Waals surface area contributed by atoms with Gasteiger partial charge in [0, 0.05) is 43.8 Å². The van der Waals surface area contributed by atoms with Gasteiger partial charge >= 0.3 is 0 Å². The van der Waals surface area contributed by atoms with Crippen molar-refractivity contribution < 1.29 is 13.2 Å². The van der Waals surface area contributed by atoms with E-state index >= 15 is 0 Å². The number of rotatable bonds is 8. The second kappa shape index (κ2) is 8.86. The second-order valence-electron chi connectivity index (χ2n) is 6.62. The number of sulfonamides is 1. The Labute approximate surface area is 164 Å². The molecular weight excluding hydrogens is 382 g/mol. The van der Waals surface area contributed by atoms with Gasteiger partial charge in [0.1, 0.15) is 4.21 Å². The number of anilines is 1. The Bertz CT molecular complexity index is 859. The maximum Gasteiger partial charge on any atom is 0.252 e. The van der Waals surface area contributed by atoms with Gasteiger partial charge in [-0.05, 0) is 37.1 Å². The lowest BCUT2D eigenvalue weighted by molar-refractivity contribution is -0.120. The Morgan fingerprint density at radius 2 is 1.85 bits per heavy atom. The molecule has 0 aliphatic carbocycles. The van der Waals surface area contributed by atoms with Crippen LogP contribution in [0.4, 0.5) is 5.69 Å². The van der Waals surface area contributed by atoms with E-state index in [4.69, 9.17) is 0 Å². The van der Waals surface area contributed by atoms with Crippen LogP contribution in [-0.4, -0.2) is 51.9 Å². The van der Waals surface area contributed by atoms with E-state index in [9.17, 15) is 13.2 Å². The molecule has 1 N–H and O–H groups in total. The number of para-hydroxylation sites is 1. The average molecular weight is 408 g/mol. The van der Waals surface area contributed by atoms with Crippen LogP contribution in [0.15, 0.2) is 46.7 Å². The highest BCUT2D eigenvalue weighted by molar-refractivity contribution is 7.91. The highest BCUT2D eigenvalue weighted by atomic mass is 32.2. The first-order chi connectivity index (χ1) is 13.0. The van der Waals surface area contributed by atoms with Gasteiger partial charge in [-0.25, -0.2) is 8.42 Å². The van der Waals surface area contributed by atoms with Gasteiger partial charge in [0.05, 0.1) is 6.42 Å². The van der Waals surface area contributed by atoms with Crippen molar-refractivity contribution in [3.63, 3.8) is 0 Å². The van der Waals surface area contributed by atoms with E-state index in [2.05, 4.69) is 10.2 Å². The lowest BCUT2D eigenvalue weighted by atomic mass is 10.3. The van der Waals surface area contributed by atoms with Crippen molar-refractivity contribution >= 4 is 33.0 Å². The van der Waals surface area contributed by atoms with E-state index in [1.165, 1.54) is 15.6 Å². The number of carbonyl (C=O) groups is 1. The summed E-state index contributed by atoms with van der Waals surface area (Å²) in [7, 11) is -1.42. The zero-order valence-corrected chi connectivity index (χ0v) is 17.1. The average Bonchev–Trinajstić information content (AvgIpc) is 3.35. The molecular formula is C19H25N3O3S2. The fraction of sp³-hybridized carbons (Fsp3) is 0.421. The summed E-state index contributed by atoms with van der Waals surface area (Å²) in [5.41, 5.74) is 1.10. The standard InChI is InChI=1S/C19H25N3O3S2/c1-21(16-7-3-2-4-8-16)14-11-20-18(23)15-17-9-10-19(26-17)27(24,25)22-12-5-6-13-22/h2-4,7-10H,5-6,11-15H2,1H3,(H,20,23). The van der Waals surface area contributed by atoms with E-state index in [-0.39, 0.29) is 12.3 Å². The Kier molecular flexibility index (Phi) is 6.51. The first kappa shape index (κ1) is 19.9. The molecule has 0 unspecified atom stereocenters. The van der Waals surface area contributed by atoms with E-state index in [0.29, 0.717) is 30.4 Å². The summed E-state index contributed by atoms with van der Waals surface area (Å²) in [5, 5.41) is 2.90. The number of likely N-dealkylation sites (N-methyl/N-ethyl adjacent to an activating group) is 1. The Balaban J connectivity index is 1.48. The number of carbonyl (C=O) groups excluding carboxylic acids is 1. The van der Waals surface area contributed by atoms with Crippen molar-refractivity contribution in [2.75, 3.05) is 38.1 Å². The predicted octanol–water partition coefficient (Wildman–Crippen LogP) is 2.33. The molecule has 2 aromatic rings. The van der Waals surface area contributed by atoms with Crippen LogP contribution in [0.25, 0.3) is 0 Å². The molecule has 1 aromatic heterocycles. The highest BCUT2D eigenvalue weighted by Crippen LogP contribution is 2.27. The summed E-state index contributed by atoms with van der Waals surface area (Å²) in [6, 6.07) is 13.3. The molecule has 0 saturated carbocycles. The van der Waals surface area contributed by atoms with Crippen LogP contribution in [0, 0.1) is 0 Å². The summed E-state index contributed by atoms with van der Waals surface area (Å²) >= 11 is 1.19. The zero-order chi connectivity index (χ0) is 19.3. The number of hydrogen-bond acceptors (Lipinski definition) is 5. The number of amides is 1. The lowest BCUT2D eigenvalue weighted by Crippen LogP contribution is -2.33. The van der Waals surface area contributed by atoms with Gasteiger partial charge in [0.25, 0.3) is 10.0 Å². The third-order valence-electron chi connectivity index (χ3n) is 4.60. The Hall–Kier alpha value is -1.90. The van der Waals surface area contributed by atoms with Gasteiger partial charge in [-0.3, -0.25) is 4.79 Å². The largest absolute Gasteiger partial charge is 0.373 e. The zero-order valence-electron chi connectivity index (χ0n) is 15.4. The first-order valence-corrected chi connectivity index (χ1v) is 11.3. The van der Waals surface area contributed by atoms with Crippen molar-refractivity contribution in [3.05, 3.63) is 47.3 Å². The minimum absolute atomic E-state index is 0.0940. The minimum Gasteiger partial charge on any atom is -0.373 e. The summed E-state index contributed by atoms with van der Waals surface area (Å²) in [6.45, 7) is 2.42. The van der Waals surface area contributed by atoms with E-state index < -0.39 is 10.0 Å². The monoisotopic (exact) mass is 407 g/mol. The molecule has 8 heteroatoms. The Morgan fingerprint density at radius 3 is 2.56 bits per heavy atom. The molecule has 1 aromatic carbocycles. The summed E-state index contributed by atoms with van der Waals surface area (Å²) in [4.78, 5) is 15.0. The Morgan fingerprint density at radius 1 is 1.15 bits per heavy atom. The lowest BCUT2D eigenvalue weighted by Gasteiger charge is -2.19. The van der Waals surface area contributed by atoms with Crippen LogP contribution in [0.5, 0.6) is 0 Å². The molecule has 0 spiro atoms. The van der Waals surface area contributed by atoms with E-state index in [1.807, 2.05) is 37.4 Å². The molecule has 1 saturated heterocycles. The molecule has 1 aliphatic rings. The number of thiophene rings is 1. The van der Waals surface area contributed by atoms with Crippen LogP contribution >= 0.6 is 11.3 Å². The van der Waals surface area contributed by atoms with Gasteiger partial charge in [-0.1, -0.05) is 18.2 Å². The molecule has 0 radical (unpaired) electrons. The third-order valence-corrected chi connectivity index (χ3v) is 8.05. The molecule has 0 atom stereocenters. The maximum absolute atomic E-state index is 12.5. The highest BCUT2D eigenvalue weighted by Gasteiger charge is 2.28. The summed E-state index contributed by atoms with van der Waals surface area (Å²) < 4.78 is 27.0. The smallest absolute Gasteiger partial charge is 0.252 e. The third kappa shape index (κ3) is 5.09. The normalized spacial score (nSPS) is 15.0. The molecule has 1 aliphatic heterocycles. The van der Waals surface area contributed by atoms with Gasteiger partial charge < -0.3 is 10.2 Å². The van der Waals surface area contributed by atoms with Crippen molar-refractivity contribution in [1.82, 2.24) is 9.62 Å². The molecule has 2 heterocycles. The van der Waals surface area contributed by atoms with E-state index in [1.54, 1.807) is 12.1 Å². The first-order valence-electron chi connectivity index (χ1n) is 9.08. The van der Waals surface area contributed by atoms with Crippen LogP contribution in [0.2, 0.25) is 0 Å². The molecule has 1 fully saturated rings. The SMILES string of the molecule is CN(CCNC(=O)Cc1ccc(S(=O)(=O)N2CCCC2)s1)c1ccccc1. The van der Waals surface area contributed by atoms with Crippen LogP contribution in [0.3, 0.4) is 0 Å². The van der Waals surface area contributed by atoms with Crippen LogP contribution in [-0.2, 0) is 21.2 Å². The van der Waals surface area contributed by atoms with Gasteiger partial charge in [0.15, 0.2) is 0 Å². The molecule has 146 valence electrons. The van der Waals surface area contributed by atoms with Gasteiger partial charge in [0.2, 0.25) is 5.91 Å². The maximum atomic E-state index is 12.5.